The van der Waals surface area contributed by atoms with E-state index in [2.05, 4.69) is 0 Å². The van der Waals surface area contributed by atoms with E-state index >= 15 is 0 Å². The number of rotatable bonds is 0. The zero-order valence-electron chi connectivity index (χ0n) is 7.40. The molecule has 2 aromatic carbocycles. The van der Waals surface area contributed by atoms with Crippen molar-refractivity contribution in [2.45, 2.75) is 0 Å². The van der Waals surface area contributed by atoms with Crippen LogP contribution in [0.1, 0.15) is 5.56 Å². The van der Waals surface area contributed by atoms with E-state index in [4.69, 9.17) is 4.74 Å². The van der Waals surface area contributed by atoms with Gasteiger partial charge in [0.2, 0.25) is 0 Å². The van der Waals surface area contributed by atoms with E-state index < -0.39 is 0 Å². The minimum atomic E-state index is 0.288. The highest BCUT2D eigenvalue weighted by Crippen LogP contribution is 2.35. The first-order valence-electron chi connectivity index (χ1n) is 4.43. The lowest BCUT2D eigenvalue weighted by atomic mass is 10.0. The summed E-state index contributed by atoms with van der Waals surface area (Å²) in [7, 11) is 0. The van der Waals surface area contributed by atoms with Gasteiger partial charge in [0, 0.05) is 5.39 Å². The lowest BCUT2D eigenvalue weighted by Crippen LogP contribution is -1.91. The van der Waals surface area contributed by atoms with Crippen molar-refractivity contribution in [3.8, 4) is 11.5 Å². The number of benzene rings is 2. The highest BCUT2D eigenvalue weighted by molar-refractivity contribution is 5.97. The van der Waals surface area contributed by atoms with Crippen LogP contribution in [0.2, 0.25) is 0 Å². The monoisotopic (exact) mass is 184 g/mol. The molecule has 0 saturated heterocycles. The average molecular weight is 184 g/mol. The van der Waals surface area contributed by atoms with Crippen molar-refractivity contribution < 1.29 is 9.84 Å². The van der Waals surface area contributed by atoms with Gasteiger partial charge in [-0.25, -0.2) is 0 Å². The molecule has 68 valence electrons. The molecule has 2 aromatic rings. The Morgan fingerprint density at radius 2 is 2.07 bits per heavy atom. The molecule has 0 saturated carbocycles. The molecule has 0 aromatic heterocycles. The first-order valence-corrected chi connectivity index (χ1v) is 4.43. The normalized spacial score (nSPS) is 12.9. The molecule has 2 heteroatoms. The third-order valence-corrected chi connectivity index (χ3v) is 2.40. The maximum absolute atomic E-state index is 9.48. The van der Waals surface area contributed by atoms with Crippen LogP contribution < -0.4 is 4.74 Å². The van der Waals surface area contributed by atoms with E-state index in [0.717, 1.165) is 22.1 Å². The van der Waals surface area contributed by atoms with Crippen molar-refractivity contribution in [2.75, 3.05) is 0 Å². The number of hydrogen-bond donors (Lipinski definition) is 1. The van der Waals surface area contributed by atoms with Crippen LogP contribution in [0.3, 0.4) is 0 Å². The van der Waals surface area contributed by atoms with Crippen molar-refractivity contribution in [1.29, 1.82) is 0 Å². The predicted molar refractivity (Wildman–Crippen MR) is 55.3 cm³/mol. The minimum absolute atomic E-state index is 0.288. The highest BCUT2D eigenvalue weighted by atomic mass is 16.5. The van der Waals surface area contributed by atoms with Crippen molar-refractivity contribution >= 4 is 16.8 Å². The first kappa shape index (κ1) is 7.44. The molecule has 2 nitrogen and oxygen atoms in total. The summed E-state index contributed by atoms with van der Waals surface area (Å²) in [5, 5.41) is 11.5. The summed E-state index contributed by atoms with van der Waals surface area (Å²) in [5.41, 5.74) is 1.00. The van der Waals surface area contributed by atoms with Gasteiger partial charge in [-0.05, 0) is 35.2 Å². The third-order valence-electron chi connectivity index (χ3n) is 2.40. The molecule has 3 rings (SSSR count). The summed E-state index contributed by atoms with van der Waals surface area (Å²) in [6, 6.07) is 9.28. The maximum Gasteiger partial charge on any atom is 0.134 e. The fraction of sp³-hybridized carbons (Fsp3) is 0. The highest BCUT2D eigenvalue weighted by Gasteiger charge is 2.10. The van der Waals surface area contributed by atoms with Gasteiger partial charge in [-0.15, -0.1) is 0 Å². The molecule has 0 atom stereocenters. The van der Waals surface area contributed by atoms with E-state index in [1.54, 1.807) is 18.4 Å². The molecule has 0 bridgehead atoms. The topological polar surface area (TPSA) is 29.5 Å². The van der Waals surface area contributed by atoms with Gasteiger partial charge in [0.15, 0.2) is 0 Å². The Bertz CT molecular complexity index is 541. The summed E-state index contributed by atoms with van der Waals surface area (Å²) in [6.07, 6.45) is 3.49. The van der Waals surface area contributed by atoms with E-state index in [1.807, 2.05) is 24.3 Å². The molecule has 1 heterocycles. The fourth-order valence-electron chi connectivity index (χ4n) is 1.82. The van der Waals surface area contributed by atoms with Gasteiger partial charge in [0.05, 0.1) is 6.26 Å². The lowest BCUT2D eigenvalue weighted by molar-refractivity contribution is 0.474. The predicted octanol–water partition coefficient (Wildman–Crippen LogP) is 2.91. The average Bonchev–Trinajstić information content (AvgIpc) is 2.18. The van der Waals surface area contributed by atoms with Gasteiger partial charge in [0.25, 0.3) is 0 Å². The number of phenolic OH excluding ortho intramolecular Hbond substituents is 1. The van der Waals surface area contributed by atoms with Crippen LogP contribution in [-0.4, -0.2) is 5.11 Å². The Kier molecular flexibility index (Phi) is 1.34. The van der Waals surface area contributed by atoms with Crippen molar-refractivity contribution in [3.63, 3.8) is 0 Å². The molecule has 0 spiro atoms. The van der Waals surface area contributed by atoms with E-state index in [-0.39, 0.29) is 5.75 Å². The SMILES string of the molecule is Oc1cc2c3c(cccc3c1)OC=C2. The molecular formula is C12H8O2. The number of aromatic hydroxyl groups is 1. The standard InChI is InChI=1S/C12H8O2/c13-10-6-8-2-1-3-11-12(8)9(7-10)4-5-14-11/h1-7,13H. The van der Waals surface area contributed by atoms with Crippen LogP contribution >= 0.6 is 0 Å². The van der Waals surface area contributed by atoms with Crippen LogP contribution in [0.5, 0.6) is 11.5 Å². The summed E-state index contributed by atoms with van der Waals surface area (Å²) in [5.74, 6) is 1.14. The molecule has 0 amide bonds. The van der Waals surface area contributed by atoms with Crippen molar-refractivity contribution in [1.82, 2.24) is 0 Å². The van der Waals surface area contributed by atoms with Gasteiger partial charge in [-0.2, -0.15) is 0 Å². The number of hydrogen-bond acceptors (Lipinski definition) is 2. The molecule has 1 aliphatic rings. The molecule has 0 unspecified atom stereocenters. The van der Waals surface area contributed by atoms with Crippen molar-refractivity contribution in [2.24, 2.45) is 0 Å². The molecular weight excluding hydrogens is 176 g/mol. The largest absolute Gasteiger partial charge is 0.508 e. The maximum atomic E-state index is 9.48. The molecule has 14 heavy (non-hydrogen) atoms. The summed E-state index contributed by atoms with van der Waals surface area (Å²) in [6.45, 7) is 0. The van der Waals surface area contributed by atoms with E-state index in [9.17, 15) is 5.11 Å². The third kappa shape index (κ3) is 0.909. The van der Waals surface area contributed by atoms with Crippen LogP contribution in [0.25, 0.3) is 16.8 Å². The summed E-state index contributed by atoms with van der Waals surface area (Å²) in [4.78, 5) is 0. The fourth-order valence-corrected chi connectivity index (χ4v) is 1.82. The Morgan fingerprint density at radius 1 is 1.14 bits per heavy atom. The van der Waals surface area contributed by atoms with Crippen LogP contribution in [0.4, 0.5) is 0 Å². The second-order valence-corrected chi connectivity index (χ2v) is 3.31. The molecule has 0 aliphatic carbocycles. The zero-order chi connectivity index (χ0) is 9.54. The van der Waals surface area contributed by atoms with Gasteiger partial charge < -0.3 is 9.84 Å². The summed E-state index contributed by atoms with van der Waals surface area (Å²) >= 11 is 0. The smallest absolute Gasteiger partial charge is 0.134 e. The van der Waals surface area contributed by atoms with Gasteiger partial charge >= 0.3 is 0 Å². The first-order chi connectivity index (χ1) is 6.84. The lowest BCUT2D eigenvalue weighted by Gasteiger charge is -2.12. The van der Waals surface area contributed by atoms with E-state index in [0.29, 0.717) is 0 Å². The Morgan fingerprint density at radius 3 is 3.00 bits per heavy atom. The van der Waals surface area contributed by atoms with Crippen molar-refractivity contribution in [3.05, 3.63) is 42.2 Å². The van der Waals surface area contributed by atoms with Gasteiger partial charge in [-0.3, -0.25) is 0 Å². The van der Waals surface area contributed by atoms with Gasteiger partial charge in [0.1, 0.15) is 11.5 Å². The molecule has 0 radical (unpaired) electrons. The Hall–Kier alpha value is -1.96. The second-order valence-electron chi connectivity index (χ2n) is 3.31. The number of phenols is 1. The number of ether oxygens (including phenoxy) is 1. The Labute approximate surface area is 81.1 Å². The summed E-state index contributed by atoms with van der Waals surface area (Å²) < 4.78 is 5.37. The van der Waals surface area contributed by atoms with Gasteiger partial charge in [-0.1, -0.05) is 12.1 Å². The molecule has 0 fully saturated rings. The van der Waals surface area contributed by atoms with Crippen LogP contribution in [0, 0.1) is 0 Å². The molecule has 1 N–H and O–H groups in total. The second kappa shape index (κ2) is 2.51. The Balaban J connectivity index is 2.53. The quantitative estimate of drug-likeness (QED) is 0.682. The minimum Gasteiger partial charge on any atom is -0.508 e. The molecule has 1 aliphatic heterocycles. The van der Waals surface area contributed by atoms with Crippen LogP contribution in [-0.2, 0) is 0 Å². The zero-order valence-corrected chi connectivity index (χ0v) is 7.40. The van der Waals surface area contributed by atoms with E-state index in [1.165, 1.54) is 0 Å². The van der Waals surface area contributed by atoms with Crippen LogP contribution in [0.15, 0.2) is 36.6 Å².